The van der Waals surface area contributed by atoms with Crippen LogP contribution in [0.1, 0.15) is 48.1 Å². The van der Waals surface area contributed by atoms with Crippen LogP contribution < -0.4 is 0 Å². The zero-order chi connectivity index (χ0) is 14.2. The second-order valence-electron chi connectivity index (χ2n) is 5.89. The molecule has 0 fully saturated rings. The molecule has 100 valence electrons. The van der Waals surface area contributed by atoms with E-state index in [0.717, 1.165) is 28.8 Å². The van der Waals surface area contributed by atoms with Crippen molar-refractivity contribution in [1.29, 1.82) is 0 Å². The van der Waals surface area contributed by atoms with Crippen molar-refractivity contribution in [3.8, 4) is 5.69 Å². The Kier molecular flexibility index (Phi) is 3.27. The van der Waals surface area contributed by atoms with Crippen molar-refractivity contribution in [3.05, 3.63) is 40.7 Å². The van der Waals surface area contributed by atoms with Gasteiger partial charge in [-0.25, -0.2) is 4.68 Å². The molecule has 0 unspecified atom stereocenters. The number of benzene rings is 1. The number of hydrogen-bond donors (Lipinski definition) is 0. The van der Waals surface area contributed by atoms with Crippen LogP contribution in [0, 0.1) is 13.8 Å². The number of rotatable bonds is 2. The average Bonchev–Trinajstić information content (AvgIpc) is 2.75. The van der Waals surface area contributed by atoms with Crippen LogP contribution in [0.25, 0.3) is 5.69 Å². The number of aldehydes is 1. The number of hydrogen-bond acceptors (Lipinski definition) is 3. The molecule has 0 amide bonds. The summed E-state index contributed by atoms with van der Waals surface area (Å²) < 4.78 is 1.78. The van der Waals surface area contributed by atoms with Crippen LogP contribution in [0.2, 0.25) is 0 Å². The molecule has 2 rings (SSSR count). The molecule has 2 aromatic rings. The quantitative estimate of drug-likeness (QED) is 0.777. The first-order chi connectivity index (χ1) is 8.84. The molecule has 1 aromatic heterocycles. The van der Waals surface area contributed by atoms with E-state index < -0.39 is 0 Å². The van der Waals surface area contributed by atoms with Gasteiger partial charge in [-0.1, -0.05) is 38.1 Å². The summed E-state index contributed by atoms with van der Waals surface area (Å²) in [6, 6.07) is 6.18. The first-order valence-electron chi connectivity index (χ1n) is 6.33. The molecule has 1 heterocycles. The summed E-state index contributed by atoms with van der Waals surface area (Å²) in [4.78, 5) is 11.2. The monoisotopic (exact) mass is 257 g/mol. The molecule has 1 aromatic carbocycles. The molecule has 0 saturated heterocycles. The minimum atomic E-state index is -0.198. The third-order valence-electron chi connectivity index (χ3n) is 3.11. The van der Waals surface area contributed by atoms with E-state index in [4.69, 9.17) is 0 Å². The molecule has 19 heavy (non-hydrogen) atoms. The lowest BCUT2D eigenvalue weighted by atomic mass is 9.90. The zero-order valence-electron chi connectivity index (χ0n) is 12.1. The second kappa shape index (κ2) is 4.61. The Morgan fingerprint density at radius 2 is 1.89 bits per heavy atom. The lowest BCUT2D eigenvalue weighted by Gasteiger charge is -2.21. The maximum Gasteiger partial charge on any atom is 0.172 e. The van der Waals surface area contributed by atoms with Gasteiger partial charge in [0, 0.05) is 5.41 Å². The zero-order valence-corrected chi connectivity index (χ0v) is 12.1. The van der Waals surface area contributed by atoms with E-state index in [1.165, 1.54) is 0 Å². The van der Waals surface area contributed by atoms with Gasteiger partial charge in [-0.05, 0) is 31.0 Å². The molecule has 0 atom stereocenters. The number of aromatic nitrogens is 3. The highest BCUT2D eigenvalue weighted by Gasteiger charge is 2.26. The van der Waals surface area contributed by atoms with Crippen LogP contribution in [-0.4, -0.2) is 21.3 Å². The van der Waals surface area contributed by atoms with Crippen LogP contribution in [-0.2, 0) is 5.41 Å². The molecule has 0 aliphatic carbocycles. The highest BCUT2D eigenvalue weighted by atomic mass is 16.1. The Morgan fingerprint density at radius 3 is 2.47 bits per heavy atom. The summed E-state index contributed by atoms with van der Waals surface area (Å²) in [7, 11) is 0. The van der Waals surface area contributed by atoms with Crippen molar-refractivity contribution in [1.82, 2.24) is 15.0 Å². The molecule has 0 spiro atoms. The highest BCUT2D eigenvalue weighted by molar-refractivity contribution is 5.74. The SMILES string of the molecule is Cc1ccc(C)c(-n2nnc(C=O)c2C(C)(C)C)c1. The average molecular weight is 257 g/mol. The van der Waals surface area contributed by atoms with Crippen LogP contribution in [0.5, 0.6) is 0 Å². The van der Waals surface area contributed by atoms with Crippen molar-refractivity contribution >= 4 is 6.29 Å². The normalized spacial score (nSPS) is 11.6. The molecule has 0 bridgehead atoms. The van der Waals surface area contributed by atoms with Gasteiger partial charge >= 0.3 is 0 Å². The van der Waals surface area contributed by atoms with Gasteiger partial charge in [-0.3, -0.25) is 4.79 Å². The summed E-state index contributed by atoms with van der Waals surface area (Å²) >= 11 is 0. The van der Waals surface area contributed by atoms with E-state index in [-0.39, 0.29) is 5.41 Å². The fourth-order valence-electron chi connectivity index (χ4n) is 2.19. The molecule has 0 aliphatic rings. The minimum Gasteiger partial charge on any atom is -0.296 e. The van der Waals surface area contributed by atoms with Gasteiger partial charge in [0.1, 0.15) is 5.69 Å². The van der Waals surface area contributed by atoms with E-state index in [1.807, 2.05) is 13.8 Å². The van der Waals surface area contributed by atoms with E-state index in [0.29, 0.717) is 5.69 Å². The van der Waals surface area contributed by atoms with E-state index >= 15 is 0 Å². The standard InChI is InChI=1S/C15H19N3O/c1-10-6-7-11(2)13(8-10)18-14(15(3,4)5)12(9-19)16-17-18/h6-9H,1-5H3. The second-order valence-corrected chi connectivity index (χ2v) is 5.89. The molecule has 4 nitrogen and oxygen atoms in total. The van der Waals surface area contributed by atoms with Gasteiger partial charge in [0.2, 0.25) is 0 Å². The summed E-state index contributed by atoms with van der Waals surface area (Å²) in [5.41, 5.74) is 4.30. The number of aryl methyl sites for hydroxylation is 2. The van der Waals surface area contributed by atoms with Crippen molar-refractivity contribution < 1.29 is 4.79 Å². The van der Waals surface area contributed by atoms with Crippen LogP contribution >= 0.6 is 0 Å². The molecular formula is C15H19N3O. The van der Waals surface area contributed by atoms with Crippen molar-refractivity contribution in [2.45, 2.75) is 40.0 Å². The van der Waals surface area contributed by atoms with Crippen molar-refractivity contribution in [2.75, 3.05) is 0 Å². The molecular weight excluding hydrogens is 238 g/mol. The van der Waals surface area contributed by atoms with Gasteiger partial charge in [-0.2, -0.15) is 0 Å². The predicted octanol–water partition coefficient (Wildman–Crippen LogP) is 2.99. The van der Waals surface area contributed by atoms with Crippen LogP contribution in [0.4, 0.5) is 0 Å². The van der Waals surface area contributed by atoms with Gasteiger partial charge in [-0.15, -0.1) is 5.10 Å². The van der Waals surface area contributed by atoms with Crippen LogP contribution in [0.3, 0.4) is 0 Å². The molecule has 4 heteroatoms. The fourth-order valence-corrected chi connectivity index (χ4v) is 2.19. The topological polar surface area (TPSA) is 47.8 Å². The largest absolute Gasteiger partial charge is 0.296 e. The Balaban J connectivity index is 2.73. The molecule has 0 N–H and O–H groups in total. The van der Waals surface area contributed by atoms with E-state index in [2.05, 4.69) is 49.3 Å². The Bertz CT molecular complexity index is 621. The van der Waals surface area contributed by atoms with E-state index in [9.17, 15) is 4.79 Å². The lowest BCUT2D eigenvalue weighted by molar-refractivity contribution is 0.111. The third kappa shape index (κ3) is 2.43. The first-order valence-corrected chi connectivity index (χ1v) is 6.33. The third-order valence-corrected chi connectivity index (χ3v) is 3.11. The molecule has 0 radical (unpaired) electrons. The van der Waals surface area contributed by atoms with Gasteiger partial charge < -0.3 is 0 Å². The minimum absolute atomic E-state index is 0.198. The van der Waals surface area contributed by atoms with E-state index in [1.54, 1.807) is 4.68 Å². The van der Waals surface area contributed by atoms with Crippen LogP contribution in [0.15, 0.2) is 18.2 Å². The molecule has 0 saturated carbocycles. The van der Waals surface area contributed by atoms with Gasteiger partial charge in [0.05, 0.1) is 11.4 Å². The molecule has 0 aliphatic heterocycles. The fraction of sp³-hybridized carbons (Fsp3) is 0.400. The number of carbonyl (C=O) groups is 1. The van der Waals surface area contributed by atoms with Gasteiger partial charge in [0.15, 0.2) is 6.29 Å². The lowest BCUT2D eigenvalue weighted by Crippen LogP contribution is -2.20. The maximum absolute atomic E-state index is 11.2. The Morgan fingerprint density at radius 1 is 1.21 bits per heavy atom. The highest BCUT2D eigenvalue weighted by Crippen LogP contribution is 2.27. The number of carbonyl (C=O) groups excluding carboxylic acids is 1. The summed E-state index contributed by atoms with van der Waals surface area (Å²) in [6.45, 7) is 10.2. The predicted molar refractivity (Wildman–Crippen MR) is 74.9 cm³/mol. The number of nitrogens with zero attached hydrogens (tertiary/aromatic N) is 3. The Labute approximate surface area is 113 Å². The maximum atomic E-state index is 11.2. The Hall–Kier alpha value is -1.97. The summed E-state index contributed by atoms with van der Waals surface area (Å²) in [5.74, 6) is 0. The van der Waals surface area contributed by atoms with Gasteiger partial charge in [0.25, 0.3) is 0 Å². The smallest absolute Gasteiger partial charge is 0.172 e. The summed E-state index contributed by atoms with van der Waals surface area (Å²) in [6.07, 6.45) is 0.773. The first kappa shape index (κ1) is 13.5. The van der Waals surface area contributed by atoms with Crippen molar-refractivity contribution in [2.24, 2.45) is 0 Å². The van der Waals surface area contributed by atoms with Crippen molar-refractivity contribution in [3.63, 3.8) is 0 Å². The summed E-state index contributed by atoms with van der Waals surface area (Å²) in [5, 5.41) is 8.15.